The van der Waals surface area contributed by atoms with E-state index in [0.717, 1.165) is 43.6 Å². The van der Waals surface area contributed by atoms with Crippen LogP contribution < -0.4 is 10.2 Å². The van der Waals surface area contributed by atoms with Gasteiger partial charge in [0.15, 0.2) is 0 Å². The molecule has 0 spiro atoms. The van der Waals surface area contributed by atoms with Gasteiger partial charge in [-0.25, -0.2) is 0 Å². The van der Waals surface area contributed by atoms with E-state index in [9.17, 15) is 5.26 Å². The van der Waals surface area contributed by atoms with Crippen molar-refractivity contribution in [1.29, 1.82) is 5.26 Å². The molecular weight excluding hydrogens is 324 g/mol. The number of anilines is 1. The smallest absolute Gasteiger partial charge is 0.101 e. The molecule has 2 aromatic rings. The molecule has 2 aliphatic heterocycles. The monoisotopic (exact) mass is 350 g/mol. The number of ether oxygens (including phenoxy) is 1. The predicted molar refractivity (Wildman–Crippen MR) is 103 cm³/mol. The van der Waals surface area contributed by atoms with E-state index in [1.165, 1.54) is 18.5 Å². The van der Waals surface area contributed by atoms with Crippen LogP contribution in [0.1, 0.15) is 31.7 Å². The molecule has 1 aromatic heterocycles. The topological polar surface area (TPSA) is 61.2 Å². The second-order valence-electron chi connectivity index (χ2n) is 7.67. The molecule has 2 saturated heterocycles. The maximum atomic E-state index is 9.38. The van der Waals surface area contributed by atoms with Crippen molar-refractivity contribution in [2.24, 2.45) is 5.92 Å². The number of pyridine rings is 1. The molecule has 1 unspecified atom stereocenters. The molecule has 4 rings (SSSR count). The Morgan fingerprint density at radius 1 is 1.27 bits per heavy atom. The average molecular weight is 350 g/mol. The number of aromatic nitrogens is 1. The van der Waals surface area contributed by atoms with E-state index >= 15 is 0 Å². The Balaban J connectivity index is 1.59. The quantitative estimate of drug-likeness (QED) is 0.922. The first kappa shape index (κ1) is 17.3. The van der Waals surface area contributed by atoms with Crippen LogP contribution in [-0.4, -0.2) is 43.4 Å². The summed E-state index contributed by atoms with van der Waals surface area (Å²) in [6.07, 6.45) is 5.31. The fourth-order valence-electron chi connectivity index (χ4n) is 4.40. The summed E-state index contributed by atoms with van der Waals surface area (Å²) >= 11 is 0. The van der Waals surface area contributed by atoms with Gasteiger partial charge in [0.05, 0.1) is 17.7 Å². The first-order valence-electron chi connectivity index (χ1n) is 9.61. The number of nitrogens with one attached hydrogen (secondary N) is 1. The average Bonchev–Trinajstić information content (AvgIpc) is 2.67. The maximum Gasteiger partial charge on any atom is 0.101 e. The lowest BCUT2D eigenvalue weighted by Crippen LogP contribution is -2.53. The zero-order valence-electron chi connectivity index (χ0n) is 15.3. The van der Waals surface area contributed by atoms with E-state index in [-0.39, 0.29) is 0 Å². The SMILES string of the molecule is C[C@H]1C[C@@H](NC2CCCOC2)CN(c2ccc(C#N)c3ncccc23)C1. The number of hydrogen-bond acceptors (Lipinski definition) is 5. The molecule has 5 nitrogen and oxygen atoms in total. The third-order valence-corrected chi connectivity index (χ3v) is 5.50. The van der Waals surface area contributed by atoms with Crippen LogP contribution in [0, 0.1) is 17.2 Å². The zero-order valence-corrected chi connectivity index (χ0v) is 15.3. The fraction of sp³-hybridized carbons (Fsp3) is 0.524. The van der Waals surface area contributed by atoms with Crippen molar-refractivity contribution in [3.63, 3.8) is 0 Å². The molecule has 136 valence electrons. The van der Waals surface area contributed by atoms with Gasteiger partial charge in [-0.15, -0.1) is 0 Å². The lowest BCUT2D eigenvalue weighted by atomic mass is 9.93. The highest BCUT2D eigenvalue weighted by Gasteiger charge is 2.28. The van der Waals surface area contributed by atoms with Gasteiger partial charge in [0, 0.05) is 49.1 Å². The highest BCUT2D eigenvalue weighted by Crippen LogP contribution is 2.31. The largest absolute Gasteiger partial charge is 0.380 e. The molecule has 1 N–H and O–H groups in total. The number of piperidine rings is 1. The van der Waals surface area contributed by atoms with Crippen molar-refractivity contribution in [3.05, 3.63) is 36.0 Å². The number of rotatable bonds is 3. The Kier molecular flexibility index (Phi) is 5.05. The summed E-state index contributed by atoms with van der Waals surface area (Å²) in [5.74, 6) is 0.619. The van der Waals surface area contributed by atoms with Crippen LogP contribution in [0.3, 0.4) is 0 Å². The second kappa shape index (κ2) is 7.61. The van der Waals surface area contributed by atoms with Crippen LogP contribution in [-0.2, 0) is 4.74 Å². The van der Waals surface area contributed by atoms with Crippen molar-refractivity contribution in [2.75, 3.05) is 31.2 Å². The lowest BCUT2D eigenvalue weighted by molar-refractivity contribution is 0.0646. The van der Waals surface area contributed by atoms with Crippen LogP contribution in [0.2, 0.25) is 0 Å². The summed E-state index contributed by atoms with van der Waals surface area (Å²) in [4.78, 5) is 6.92. The van der Waals surface area contributed by atoms with Gasteiger partial charge in [-0.3, -0.25) is 4.98 Å². The molecule has 1 aromatic carbocycles. The zero-order chi connectivity index (χ0) is 17.9. The minimum atomic E-state index is 0.466. The van der Waals surface area contributed by atoms with Gasteiger partial charge in [0.1, 0.15) is 6.07 Å². The second-order valence-corrected chi connectivity index (χ2v) is 7.67. The van der Waals surface area contributed by atoms with Gasteiger partial charge >= 0.3 is 0 Å². The third-order valence-electron chi connectivity index (χ3n) is 5.50. The summed E-state index contributed by atoms with van der Waals surface area (Å²) < 4.78 is 5.63. The van der Waals surface area contributed by atoms with E-state index in [1.54, 1.807) is 6.20 Å². The van der Waals surface area contributed by atoms with Crippen molar-refractivity contribution < 1.29 is 4.74 Å². The molecule has 2 fully saturated rings. The van der Waals surface area contributed by atoms with Gasteiger partial charge in [-0.1, -0.05) is 6.92 Å². The van der Waals surface area contributed by atoms with Crippen LogP contribution in [0.4, 0.5) is 5.69 Å². The minimum absolute atomic E-state index is 0.466. The molecule has 0 amide bonds. The van der Waals surface area contributed by atoms with E-state index in [4.69, 9.17) is 4.74 Å². The van der Waals surface area contributed by atoms with Crippen molar-refractivity contribution in [3.8, 4) is 6.07 Å². The van der Waals surface area contributed by atoms with E-state index in [2.05, 4.69) is 40.3 Å². The van der Waals surface area contributed by atoms with Gasteiger partial charge < -0.3 is 15.0 Å². The highest BCUT2D eigenvalue weighted by molar-refractivity contribution is 5.95. The summed E-state index contributed by atoms with van der Waals surface area (Å²) in [5.41, 5.74) is 2.63. The van der Waals surface area contributed by atoms with Crippen LogP contribution in [0.25, 0.3) is 10.9 Å². The van der Waals surface area contributed by atoms with Crippen LogP contribution in [0.5, 0.6) is 0 Å². The predicted octanol–water partition coefficient (Wildman–Crippen LogP) is 3.09. The molecule has 0 aliphatic carbocycles. The van der Waals surface area contributed by atoms with Crippen LogP contribution in [0.15, 0.2) is 30.5 Å². The molecule has 0 saturated carbocycles. The van der Waals surface area contributed by atoms with Gasteiger partial charge in [0.25, 0.3) is 0 Å². The first-order chi connectivity index (χ1) is 12.7. The van der Waals surface area contributed by atoms with Crippen molar-refractivity contribution in [2.45, 2.75) is 38.3 Å². The Labute approximate surface area is 155 Å². The van der Waals surface area contributed by atoms with E-state index < -0.39 is 0 Å². The Morgan fingerprint density at radius 2 is 2.19 bits per heavy atom. The minimum Gasteiger partial charge on any atom is -0.380 e. The molecule has 26 heavy (non-hydrogen) atoms. The third kappa shape index (κ3) is 3.53. The standard InChI is InChI=1S/C21H26N4O/c1-15-10-18(24-17-4-3-9-26-14-17)13-25(12-15)20-7-6-16(11-22)21-19(20)5-2-8-23-21/h2,5-8,15,17-18,24H,3-4,9-10,12-14H2,1H3/t15-,17?,18+/m0/s1. The van der Waals surface area contributed by atoms with Crippen LogP contribution >= 0.6 is 0 Å². The number of nitriles is 1. The molecule has 5 heteroatoms. The van der Waals surface area contributed by atoms with Crippen molar-refractivity contribution >= 4 is 16.6 Å². The van der Waals surface area contributed by atoms with Crippen molar-refractivity contribution in [1.82, 2.24) is 10.3 Å². The molecule has 0 radical (unpaired) electrons. The molecular formula is C21H26N4O. The molecule has 3 atom stereocenters. The van der Waals surface area contributed by atoms with Gasteiger partial charge in [-0.2, -0.15) is 5.26 Å². The number of hydrogen-bond donors (Lipinski definition) is 1. The maximum absolute atomic E-state index is 9.38. The molecule has 2 aliphatic rings. The lowest BCUT2D eigenvalue weighted by Gasteiger charge is -2.40. The summed E-state index contributed by atoms with van der Waals surface area (Å²) in [6.45, 7) is 6.07. The Bertz CT molecular complexity index is 809. The first-order valence-corrected chi connectivity index (χ1v) is 9.61. The number of fused-ring (bicyclic) bond motifs is 1. The fourth-order valence-corrected chi connectivity index (χ4v) is 4.40. The number of benzene rings is 1. The molecule has 3 heterocycles. The summed E-state index contributed by atoms with van der Waals surface area (Å²) in [5, 5.41) is 14.3. The Morgan fingerprint density at radius 3 is 3.00 bits per heavy atom. The molecule has 0 bridgehead atoms. The van der Waals surface area contributed by atoms with E-state index in [1.807, 2.05) is 12.1 Å². The summed E-state index contributed by atoms with van der Waals surface area (Å²) in [6, 6.07) is 11.2. The number of nitrogens with zero attached hydrogens (tertiary/aromatic N) is 3. The van der Waals surface area contributed by atoms with E-state index in [0.29, 0.717) is 23.6 Å². The van der Waals surface area contributed by atoms with Gasteiger partial charge in [0.2, 0.25) is 0 Å². The van der Waals surface area contributed by atoms with Gasteiger partial charge in [-0.05, 0) is 49.4 Å². The Hall–Kier alpha value is -2.16. The summed E-state index contributed by atoms with van der Waals surface area (Å²) in [7, 11) is 0. The highest BCUT2D eigenvalue weighted by atomic mass is 16.5. The normalized spacial score (nSPS) is 26.6.